The molecule has 1 heterocycles. The molecule has 0 aromatic heterocycles. The van der Waals surface area contributed by atoms with E-state index in [1.165, 1.54) is 5.56 Å². The van der Waals surface area contributed by atoms with Crippen LogP contribution >= 0.6 is 0 Å². The van der Waals surface area contributed by atoms with E-state index in [1.54, 1.807) is 0 Å². The first-order valence-corrected chi connectivity index (χ1v) is 8.84. The molecule has 0 saturated carbocycles. The fourth-order valence-electron chi connectivity index (χ4n) is 3.23. The zero-order valence-electron chi connectivity index (χ0n) is 16.3. The summed E-state index contributed by atoms with van der Waals surface area (Å²) in [7, 11) is 2.00. The van der Waals surface area contributed by atoms with Gasteiger partial charge in [-0.3, -0.25) is 0 Å². The van der Waals surface area contributed by atoms with Gasteiger partial charge in [-0.05, 0) is 28.5 Å². The number of allylic oxidation sites excluding steroid dienone is 2. The van der Waals surface area contributed by atoms with Crippen molar-refractivity contribution in [3.8, 4) is 5.75 Å². The average molecular weight is 339 g/mol. The molecule has 134 valence electrons. The minimum Gasteiger partial charge on any atom is -0.505 e. The van der Waals surface area contributed by atoms with Gasteiger partial charge in [0.25, 0.3) is 0 Å². The molecule has 3 rings (SSSR count). The summed E-state index contributed by atoms with van der Waals surface area (Å²) in [4.78, 5) is 0. The Morgan fingerprint density at radius 3 is 2.24 bits per heavy atom. The molecule has 1 aliphatic heterocycles. The van der Waals surface area contributed by atoms with Gasteiger partial charge in [0.15, 0.2) is 0 Å². The lowest BCUT2D eigenvalue weighted by atomic mass is 9.79. The van der Waals surface area contributed by atoms with Crippen molar-refractivity contribution in [2.75, 3.05) is 12.2 Å². The highest BCUT2D eigenvalue weighted by Gasteiger charge is 2.34. The largest absolute Gasteiger partial charge is 0.505 e. The summed E-state index contributed by atoms with van der Waals surface area (Å²) in [5.74, 6) is 0.309. The molecule has 0 saturated heterocycles. The van der Waals surface area contributed by atoms with Gasteiger partial charge in [-0.1, -0.05) is 65.8 Å². The van der Waals surface area contributed by atoms with E-state index in [1.807, 2.05) is 30.4 Å². The average Bonchev–Trinajstić information content (AvgIpc) is 2.82. The number of nitrogens with zero attached hydrogens (tertiary/aromatic N) is 3. The van der Waals surface area contributed by atoms with E-state index in [9.17, 15) is 5.11 Å². The number of benzene rings is 1. The fraction of sp³-hybridized carbons (Fsp3) is 0.476. The zero-order valence-corrected chi connectivity index (χ0v) is 16.3. The Balaban J connectivity index is 2.18. The Morgan fingerprint density at radius 2 is 1.68 bits per heavy atom. The summed E-state index contributed by atoms with van der Waals surface area (Å²) in [6.07, 6.45) is 8.18. The van der Waals surface area contributed by atoms with Crippen LogP contribution in [0, 0.1) is 0 Å². The van der Waals surface area contributed by atoms with Crippen molar-refractivity contribution in [2.24, 2.45) is 5.10 Å². The van der Waals surface area contributed by atoms with Gasteiger partial charge in [-0.15, -0.1) is 0 Å². The standard InChI is InChI=1S/C21H29N3O/c1-20(2,3)14-12-15(21(4,5)6)19(25)18(13-14)24-22-16-10-8-9-11-17(16)23(24)7/h8-13,17,25H,1-7H3. The van der Waals surface area contributed by atoms with E-state index < -0.39 is 0 Å². The number of hydrazone groups is 1. The molecular weight excluding hydrogens is 310 g/mol. The van der Waals surface area contributed by atoms with Crippen molar-refractivity contribution in [1.82, 2.24) is 5.01 Å². The smallest absolute Gasteiger partial charge is 0.146 e. The molecule has 0 radical (unpaired) electrons. The molecule has 1 aromatic rings. The predicted molar refractivity (Wildman–Crippen MR) is 105 cm³/mol. The first kappa shape index (κ1) is 17.7. The third-order valence-electron chi connectivity index (χ3n) is 4.87. The Labute approximate surface area is 151 Å². The van der Waals surface area contributed by atoms with E-state index in [2.05, 4.69) is 64.8 Å². The number of likely N-dealkylation sites (N-methyl/N-ethyl adjacent to an activating group) is 1. The van der Waals surface area contributed by atoms with Crippen molar-refractivity contribution in [2.45, 2.75) is 58.4 Å². The SMILES string of the molecule is CN1C2C=CC=CC2=NN1c1cc(C(C)(C)C)cc(C(C)(C)C)c1O. The van der Waals surface area contributed by atoms with Gasteiger partial charge in [0, 0.05) is 12.6 Å². The third kappa shape index (κ3) is 3.11. The Kier molecular flexibility index (Phi) is 4.07. The summed E-state index contributed by atoms with van der Waals surface area (Å²) in [5.41, 5.74) is 3.70. The highest BCUT2D eigenvalue weighted by atomic mass is 16.3. The van der Waals surface area contributed by atoms with Crippen LogP contribution in [0.4, 0.5) is 5.69 Å². The van der Waals surface area contributed by atoms with Crippen LogP contribution < -0.4 is 5.12 Å². The number of hydrogen-bond acceptors (Lipinski definition) is 4. The van der Waals surface area contributed by atoms with E-state index in [0.717, 1.165) is 17.0 Å². The first-order valence-electron chi connectivity index (χ1n) is 8.84. The molecule has 25 heavy (non-hydrogen) atoms. The molecule has 2 aliphatic rings. The molecule has 4 nitrogen and oxygen atoms in total. The van der Waals surface area contributed by atoms with Crippen LogP contribution in [0.1, 0.15) is 52.7 Å². The van der Waals surface area contributed by atoms with Crippen molar-refractivity contribution >= 4 is 11.4 Å². The number of phenols is 1. The Morgan fingerprint density at radius 1 is 1.00 bits per heavy atom. The van der Waals surface area contributed by atoms with Gasteiger partial charge >= 0.3 is 0 Å². The summed E-state index contributed by atoms with van der Waals surface area (Å²) >= 11 is 0. The fourth-order valence-corrected chi connectivity index (χ4v) is 3.23. The molecule has 0 amide bonds. The lowest BCUT2D eigenvalue weighted by Crippen LogP contribution is -2.39. The Hall–Kier alpha value is -2.07. The van der Waals surface area contributed by atoms with E-state index in [-0.39, 0.29) is 16.9 Å². The van der Waals surface area contributed by atoms with Gasteiger partial charge in [0.05, 0.1) is 11.8 Å². The van der Waals surface area contributed by atoms with Crippen LogP contribution in [0.25, 0.3) is 0 Å². The number of fused-ring (bicyclic) bond motifs is 1. The van der Waals surface area contributed by atoms with Crippen molar-refractivity contribution in [3.63, 3.8) is 0 Å². The van der Waals surface area contributed by atoms with Crippen molar-refractivity contribution in [1.29, 1.82) is 0 Å². The van der Waals surface area contributed by atoms with Crippen LogP contribution in [0.3, 0.4) is 0 Å². The van der Waals surface area contributed by atoms with Crippen LogP contribution in [-0.2, 0) is 10.8 Å². The number of rotatable bonds is 1. The topological polar surface area (TPSA) is 39.1 Å². The molecule has 1 atom stereocenters. The molecule has 0 spiro atoms. The molecule has 0 fully saturated rings. The van der Waals surface area contributed by atoms with E-state index in [4.69, 9.17) is 5.10 Å². The maximum atomic E-state index is 11.1. The van der Waals surface area contributed by atoms with Gasteiger partial charge in [-0.2, -0.15) is 15.2 Å². The molecular formula is C21H29N3O. The molecule has 1 aliphatic carbocycles. The molecule has 1 aromatic carbocycles. The Bertz CT molecular complexity index is 776. The highest BCUT2D eigenvalue weighted by molar-refractivity contribution is 6.03. The van der Waals surface area contributed by atoms with E-state index in [0.29, 0.717) is 5.75 Å². The van der Waals surface area contributed by atoms with Gasteiger partial charge in [0.2, 0.25) is 0 Å². The summed E-state index contributed by atoms with van der Waals surface area (Å²) < 4.78 is 0. The quantitative estimate of drug-likeness (QED) is 0.818. The molecule has 1 unspecified atom stereocenters. The second-order valence-corrected chi connectivity index (χ2v) is 8.97. The predicted octanol–water partition coefficient (Wildman–Crippen LogP) is 4.50. The number of anilines is 1. The van der Waals surface area contributed by atoms with Crippen LogP contribution in [-0.4, -0.2) is 28.9 Å². The van der Waals surface area contributed by atoms with Crippen molar-refractivity contribution in [3.05, 3.63) is 47.6 Å². The normalized spacial score (nSPS) is 20.8. The number of hydrazine groups is 1. The minimum atomic E-state index is -0.155. The van der Waals surface area contributed by atoms with Gasteiger partial charge in [0.1, 0.15) is 11.4 Å². The molecule has 4 heteroatoms. The van der Waals surface area contributed by atoms with Crippen molar-refractivity contribution < 1.29 is 5.11 Å². The molecule has 0 bridgehead atoms. The zero-order chi connectivity index (χ0) is 18.6. The lowest BCUT2D eigenvalue weighted by molar-refractivity contribution is 0.326. The monoisotopic (exact) mass is 339 g/mol. The summed E-state index contributed by atoms with van der Waals surface area (Å²) in [5, 5.41) is 19.7. The maximum absolute atomic E-state index is 11.1. The number of hydrogen-bond donors (Lipinski definition) is 1. The van der Waals surface area contributed by atoms with Crippen LogP contribution in [0.5, 0.6) is 5.75 Å². The summed E-state index contributed by atoms with van der Waals surface area (Å²) in [6.45, 7) is 13.0. The molecule has 1 N–H and O–H groups in total. The first-order chi connectivity index (χ1) is 11.5. The highest BCUT2D eigenvalue weighted by Crippen LogP contribution is 2.43. The van der Waals surface area contributed by atoms with E-state index >= 15 is 0 Å². The van der Waals surface area contributed by atoms with Gasteiger partial charge in [-0.25, -0.2) is 0 Å². The van der Waals surface area contributed by atoms with Crippen LogP contribution in [0.2, 0.25) is 0 Å². The maximum Gasteiger partial charge on any atom is 0.146 e. The van der Waals surface area contributed by atoms with Gasteiger partial charge < -0.3 is 5.11 Å². The lowest BCUT2D eigenvalue weighted by Gasteiger charge is -2.32. The van der Waals surface area contributed by atoms with Crippen LogP contribution in [0.15, 0.2) is 41.5 Å². The number of aromatic hydroxyl groups is 1. The second-order valence-electron chi connectivity index (χ2n) is 8.97. The third-order valence-corrected chi connectivity index (χ3v) is 4.87. The second kappa shape index (κ2) is 5.73. The minimum absolute atomic E-state index is 0.0134. The summed E-state index contributed by atoms with van der Waals surface area (Å²) in [6, 6.07) is 4.31. The number of phenolic OH excluding ortho intramolecular Hbond substituents is 1.